The lowest BCUT2D eigenvalue weighted by Crippen LogP contribution is -1.90. The summed E-state index contributed by atoms with van der Waals surface area (Å²) in [6, 6.07) is 9.77. The van der Waals surface area contributed by atoms with E-state index in [4.69, 9.17) is 5.73 Å². The molecule has 0 spiro atoms. The minimum atomic E-state index is 0.792. The van der Waals surface area contributed by atoms with Crippen LogP contribution in [0, 0.1) is 6.92 Å². The molecule has 1 aromatic carbocycles. The van der Waals surface area contributed by atoms with E-state index in [0.29, 0.717) is 0 Å². The van der Waals surface area contributed by atoms with Crippen LogP contribution in [0.5, 0.6) is 0 Å². The van der Waals surface area contributed by atoms with Crippen LogP contribution >= 0.6 is 11.8 Å². The van der Waals surface area contributed by atoms with Gasteiger partial charge in [0.1, 0.15) is 0 Å². The summed E-state index contributed by atoms with van der Waals surface area (Å²) in [7, 11) is 0. The van der Waals surface area contributed by atoms with Crippen molar-refractivity contribution < 1.29 is 0 Å². The van der Waals surface area contributed by atoms with Crippen molar-refractivity contribution in [1.82, 2.24) is 9.97 Å². The maximum absolute atomic E-state index is 5.62. The van der Waals surface area contributed by atoms with Crippen molar-refractivity contribution >= 4 is 17.4 Å². The molecule has 0 radical (unpaired) electrons. The van der Waals surface area contributed by atoms with E-state index in [2.05, 4.69) is 9.97 Å². The molecular weight excluding hydrogens is 218 g/mol. The number of benzene rings is 1. The summed E-state index contributed by atoms with van der Waals surface area (Å²) in [5.74, 6) is 0.865. The number of nitrogens with zero attached hydrogens (tertiary/aromatic N) is 2. The lowest BCUT2D eigenvalue weighted by molar-refractivity contribution is 0.932. The molecule has 0 fully saturated rings. The smallest absolute Gasteiger partial charge is 0.188 e. The number of nitrogen functional groups attached to an aromatic ring is 1. The summed E-state index contributed by atoms with van der Waals surface area (Å²) in [5, 5.41) is 0.817. The number of rotatable bonds is 3. The highest BCUT2D eigenvalue weighted by Gasteiger charge is 1.99. The largest absolute Gasteiger partial charge is 0.399 e. The molecule has 4 heteroatoms. The molecule has 0 aliphatic heterocycles. The van der Waals surface area contributed by atoms with Crippen LogP contribution in [0.2, 0.25) is 0 Å². The first-order chi connectivity index (χ1) is 7.74. The van der Waals surface area contributed by atoms with Crippen LogP contribution in [0.15, 0.2) is 41.7 Å². The number of hydrogen-bond acceptors (Lipinski definition) is 4. The molecule has 3 nitrogen and oxygen atoms in total. The molecule has 2 N–H and O–H groups in total. The fourth-order valence-electron chi connectivity index (χ4n) is 1.26. The highest BCUT2D eigenvalue weighted by atomic mass is 32.2. The zero-order valence-corrected chi connectivity index (χ0v) is 9.87. The van der Waals surface area contributed by atoms with E-state index in [9.17, 15) is 0 Å². The van der Waals surface area contributed by atoms with Crippen molar-refractivity contribution in [3.8, 4) is 0 Å². The van der Waals surface area contributed by atoms with Gasteiger partial charge < -0.3 is 5.73 Å². The molecule has 1 heterocycles. The second-order valence-electron chi connectivity index (χ2n) is 3.51. The zero-order chi connectivity index (χ0) is 11.4. The quantitative estimate of drug-likeness (QED) is 0.501. The molecular formula is C12H13N3S. The van der Waals surface area contributed by atoms with Crippen LogP contribution in [0.3, 0.4) is 0 Å². The molecule has 2 rings (SSSR count). The first kappa shape index (κ1) is 11.0. The van der Waals surface area contributed by atoms with Gasteiger partial charge in [-0.15, -0.1) is 0 Å². The minimum absolute atomic E-state index is 0.792. The molecule has 82 valence electrons. The fraction of sp³-hybridized carbons (Fsp3) is 0.167. The maximum atomic E-state index is 5.62. The topological polar surface area (TPSA) is 51.8 Å². The molecule has 16 heavy (non-hydrogen) atoms. The third-order valence-electron chi connectivity index (χ3n) is 2.12. The number of anilines is 1. The molecule has 2 aromatic rings. The molecule has 1 aromatic heterocycles. The van der Waals surface area contributed by atoms with Gasteiger partial charge in [0.2, 0.25) is 0 Å². The van der Waals surface area contributed by atoms with Crippen LogP contribution in [0.4, 0.5) is 5.69 Å². The molecule has 0 unspecified atom stereocenters. The molecule has 0 aliphatic rings. The predicted molar refractivity (Wildman–Crippen MR) is 67.2 cm³/mol. The Morgan fingerprint density at radius 1 is 1.19 bits per heavy atom. The van der Waals surface area contributed by atoms with E-state index in [1.165, 1.54) is 5.56 Å². The van der Waals surface area contributed by atoms with Crippen LogP contribution in [-0.4, -0.2) is 9.97 Å². The van der Waals surface area contributed by atoms with Crippen molar-refractivity contribution in [2.75, 3.05) is 5.73 Å². The van der Waals surface area contributed by atoms with E-state index in [-0.39, 0.29) is 0 Å². The normalized spacial score (nSPS) is 10.3. The van der Waals surface area contributed by atoms with Crippen LogP contribution in [0.25, 0.3) is 0 Å². The van der Waals surface area contributed by atoms with Crippen molar-refractivity contribution in [2.24, 2.45) is 0 Å². The van der Waals surface area contributed by atoms with E-state index in [1.807, 2.05) is 37.3 Å². The van der Waals surface area contributed by atoms with E-state index >= 15 is 0 Å². The highest BCUT2D eigenvalue weighted by Crippen LogP contribution is 2.19. The highest BCUT2D eigenvalue weighted by molar-refractivity contribution is 7.98. The first-order valence-corrected chi connectivity index (χ1v) is 5.99. The third kappa shape index (κ3) is 2.97. The molecule has 0 atom stereocenters. The van der Waals surface area contributed by atoms with Crippen LogP contribution < -0.4 is 5.73 Å². The second kappa shape index (κ2) is 4.99. The predicted octanol–water partition coefficient (Wildman–Crippen LogP) is 2.66. The van der Waals surface area contributed by atoms with E-state index in [1.54, 1.807) is 18.0 Å². The van der Waals surface area contributed by atoms with E-state index in [0.717, 1.165) is 22.3 Å². The van der Waals surface area contributed by atoms with Gasteiger partial charge in [-0.2, -0.15) is 0 Å². The Hall–Kier alpha value is -1.55. The standard InChI is InChI=1S/C12H13N3S/c1-9-6-7-14-12(15-9)16-8-10-2-4-11(13)5-3-10/h2-7H,8,13H2,1H3. The SMILES string of the molecule is Cc1ccnc(SCc2ccc(N)cc2)n1. The summed E-state index contributed by atoms with van der Waals surface area (Å²) >= 11 is 1.63. The minimum Gasteiger partial charge on any atom is -0.399 e. The Bertz CT molecular complexity index is 468. The lowest BCUT2D eigenvalue weighted by atomic mass is 10.2. The van der Waals surface area contributed by atoms with Crippen molar-refractivity contribution in [3.63, 3.8) is 0 Å². The maximum Gasteiger partial charge on any atom is 0.188 e. The average molecular weight is 231 g/mol. The average Bonchev–Trinajstić information content (AvgIpc) is 2.28. The summed E-state index contributed by atoms with van der Waals surface area (Å²) in [4.78, 5) is 8.53. The number of aryl methyl sites for hydroxylation is 1. The molecule has 0 aliphatic carbocycles. The van der Waals surface area contributed by atoms with Crippen molar-refractivity contribution in [1.29, 1.82) is 0 Å². The Balaban J connectivity index is 1.99. The Morgan fingerprint density at radius 3 is 2.62 bits per heavy atom. The van der Waals surface area contributed by atoms with Gasteiger partial charge >= 0.3 is 0 Å². The van der Waals surface area contributed by atoms with Gasteiger partial charge in [0.15, 0.2) is 5.16 Å². The van der Waals surface area contributed by atoms with Crippen molar-refractivity contribution in [3.05, 3.63) is 47.8 Å². The third-order valence-corrected chi connectivity index (χ3v) is 3.05. The number of hydrogen-bond donors (Lipinski definition) is 1. The molecule has 0 amide bonds. The van der Waals surface area contributed by atoms with Gasteiger partial charge in [0.25, 0.3) is 0 Å². The summed E-state index contributed by atoms with van der Waals surface area (Å²) < 4.78 is 0. The van der Waals surface area contributed by atoms with Gasteiger partial charge in [-0.25, -0.2) is 9.97 Å². The molecule has 0 saturated carbocycles. The number of nitrogens with two attached hydrogens (primary N) is 1. The lowest BCUT2D eigenvalue weighted by Gasteiger charge is -2.01. The first-order valence-electron chi connectivity index (χ1n) is 5.01. The summed E-state index contributed by atoms with van der Waals surface area (Å²) in [6.45, 7) is 1.97. The summed E-state index contributed by atoms with van der Waals surface area (Å²) in [5.41, 5.74) is 8.64. The molecule has 0 bridgehead atoms. The van der Waals surface area contributed by atoms with E-state index < -0.39 is 0 Å². The Kier molecular flexibility index (Phi) is 3.41. The van der Waals surface area contributed by atoms with Gasteiger partial charge in [0.05, 0.1) is 0 Å². The monoisotopic (exact) mass is 231 g/mol. The van der Waals surface area contributed by atoms with Gasteiger partial charge in [-0.3, -0.25) is 0 Å². The second-order valence-corrected chi connectivity index (χ2v) is 4.45. The van der Waals surface area contributed by atoms with Crippen molar-refractivity contribution in [2.45, 2.75) is 17.8 Å². The van der Waals surface area contributed by atoms with Gasteiger partial charge in [0, 0.05) is 23.3 Å². The van der Waals surface area contributed by atoms with Crippen LogP contribution in [0.1, 0.15) is 11.3 Å². The van der Waals surface area contributed by atoms with Gasteiger partial charge in [-0.1, -0.05) is 23.9 Å². The number of aromatic nitrogens is 2. The Labute approximate surface area is 99.1 Å². The zero-order valence-electron chi connectivity index (χ0n) is 9.05. The fourth-order valence-corrected chi connectivity index (χ4v) is 2.09. The molecule has 0 saturated heterocycles. The van der Waals surface area contributed by atoms with Gasteiger partial charge in [-0.05, 0) is 30.7 Å². The number of thioether (sulfide) groups is 1. The summed E-state index contributed by atoms with van der Waals surface area (Å²) in [6.07, 6.45) is 1.79. The Morgan fingerprint density at radius 2 is 1.94 bits per heavy atom. The van der Waals surface area contributed by atoms with Crippen LogP contribution in [-0.2, 0) is 5.75 Å².